The quantitative estimate of drug-likeness (QED) is 0.684. The smallest absolute Gasteiger partial charge is 0.338 e. The van der Waals surface area contributed by atoms with Crippen LogP contribution in [0.3, 0.4) is 0 Å². The molecular weight excluding hydrogens is 415 g/mol. The van der Waals surface area contributed by atoms with E-state index in [4.69, 9.17) is 10.00 Å². The fourth-order valence-electron chi connectivity index (χ4n) is 4.20. The molecule has 0 spiro atoms. The number of halogens is 1. The number of aliphatic hydroxyl groups is 1. The van der Waals surface area contributed by atoms with Gasteiger partial charge < -0.3 is 15.2 Å². The van der Waals surface area contributed by atoms with E-state index >= 15 is 0 Å². The van der Waals surface area contributed by atoms with Gasteiger partial charge in [0.2, 0.25) is 0 Å². The molecule has 2 aromatic rings. The van der Waals surface area contributed by atoms with E-state index < -0.39 is 24.2 Å². The number of nitrogens with zero attached hydrogens (tertiary/aromatic N) is 3. The van der Waals surface area contributed by atoms with E-state index in [1.165, 1.54) is 18.3 Å². The topological polar surface area (TPSA) is 116 Å². The van der Waals surface area contributed by atoms with E-state index in [0.29, 0.717) is 29.7 Å². The summed E-state index contributed by atoms with van der Waals surface area (Å²) in [5.41, 5.74) is 3.29. The summed E-state index contributed by atoms with van der Waals surface area (Å²) in [6.07, 6.45) is -0.446. The maximum Gasteiger partial charge on any atom is 0.338 e. The number of β-amino-alcohol motifs (C(OH)–C–C–N with tert-alkyl or cyclic N) is 1. The SMILES string of the molecule is Cc1c([C@@H](O)CN2CC[C@@H](NC(=O)c3ccc(C#N)cn3)[C@@H](F)C2)ccc2c1COC2=O. The number of carbonyl (C=O) groups is 2. The number of carbonyl (C=O) groups excluding carboxylic acids is 2. The van der Waals surface area contributed by atoms with E-state index in [2.05, 4.69) is 10.3 Å². The molecular formula is C23H23FN4O4. The summed E-state index contributed by atoms with van der Waals surface area (Å²) in [5.74, 6) is -0.842. The Morgan fingerprint density at radius 2 is 2.25 bits per heavy atom. The highest BCUT2D eigenvalue weighted by Gasteiger charge is 2.32. The van der Waals surface area contributed by atoms with Crippen molar-refractivity contribution >= 4 is 11.9 Å². The molecule has 9 heteroatoms. The van der Waals surface area contributed by atoms with Gasteiger partial charge in [-0.1, -0.05) is 6.07 Å². The number of aromatic nitrogens is 1. The number of amides is 1. The average molecular weight is 438 g/mol. The predicted octanol–water partition coefficient (Wildman–Crippen LogP) is 1.81. The van der Waals surface area contributed by atoms with Gasteiger partial charge in [-0.15, -0.1) is 0 Å². The Hall–Kier alpha value is -3.35. The molecule has 1 aromatic carbocycles. The number of piperidine rings is 1. The van der Waals surface area contributed by atoms with Gasteiger partial charge in [-0.05, 0) is 42.7 Å². The standard InChI is InChI=1S/C23H23FN4O4/c1-13-15(3-4-16-17(13)12-32-23(16)31)21(29)11-28-7-6-19(18(24)10-28)27-22(30)20-5-2-14(8-25)9-26-20/h2-5,9,18-19,21,29H,6-7,10-12H2,1H3,(H,27,30)/t18-,19+,21-/m0/s1. The molecule has 1 amide bonds. The van der Waals surface area contributed by atoms with Crippen molar-refractivity contribution in [1.29, 1.82) is 5.26 Å². The van der Waals surface area contributed by atoms with Crippen LogP contribution in [0, 0.1) is 18.3 Å². The van der Waals surface area contributed by atoms with Crippen molar-refractivity contribution in [3.05, 3.63) is 64.0 Å². The molecule has 0 bridgehead atoms. The molecule has 0 saturated carbocycles. The average Bonchev–Trinajstić information content (AvgIpc) is 3.17. The highest BCUT2D eigenvalue weighted by atomic mass is 19.1. The Balaban J connectivity index is 1.34. The van der Waals surface area contributed by atoms with Crippen molar-refractivity contribution in [3.8, 4) is 6.07 Å². The van der Waals surface area contributed by atoms with Crippen molar-refractivity contribution in [2.24, 2.45) is 0 Å². The van der Waals surface area contributed by atoms with Gasteiger partial charge in [0, 0.05) is 31.4 Å². The van der Waals surface area contributed by atoms with E-state index in [-0.39, 0.29) is 31.4 Å². The van der Waals surface area contributed by atoms with Crippen molar-refractivity contribution in [2.45, 2.75) is 38.3 Å². The number of nitriles is 1. The lowest BCUT2D eigenvalue weighted by molar-refractivity contribution is 0.0526. The molecule has 0 aliphatic carbocycles. The maximum absolute atomic E-state index is 14.8. The highest BCUT2D eigenvalue weighted by Crippen LogP contribution is 2.30. The van der Waals surface area contributed by atoms with Crippen LogP contribution in [0.4, 0.5) is 4.39 Å². The zero-order chi connectivity index (χ0) is 22.8. The van der Waals surface area contributed by atoms with E-state index in [9.17, 15) is 19.1 Å². The third-order valence-corrected chi connectivity index (χ3v) is 6.07. The summed E-state index contributed by atoms with van der Waals surface area (Å²) in [6, 6.07) is 7.58. The fourth-order valence-corrected chi connectivity index (χ4v) is 4.20. The van der Waals surface area contributed by atoms with E-state index in [1.807, 2.05) is 17.9 Å². The third-order valence-electron chi connectivity index (χ3n) is 6.07. The lowest BCUT2D eigenvalue weighted by Crippen LogP contribution is -2.53. The molecule has 1 fully saturated rings. The zero-order valence-electron chi connectivity index (χ0n) is 17.5. The Kier molecular flexibility index (Phi) is 6.17. The number of aliphatic hydroxyl groups excluding tert-OH is 1. The van der Waals surface area contributed by atoms with Crippen LogP contribution in [0.25, 0.3) is 0 Å². The number of cyclic esters (lactones) is 1. The summed E-state index contributed by atoms with van der Waals surface area (Å²) in [6.45, 7) is 2.87. The van der Waals surface area contributed by atoms with Crippen molar-refractivity contribution in [1.82, 2.24) is 15.2 Å². The lowest BCUT2D eigenvalue weighted by Gasteiger charge is -2.36. The number of pyridine rings is 1. The van der Waals surface area contributed by atoms with Crippen LogP contribution in [0.5, 0.6) is 0 Å². The maximum atomic E-state index is 14.8. The zero-order valence-corrected chi connectivity index (χ0v) is 17.5. The largest absolute Gasteiger partial charge is 0.457 e. The summed E-state index contributed by atoms with van der Waals surface area (Å²) in [5, 5.41) is 22.2. The minimum Gasteiger partial charge on any atom is -0.457 e. The Morgan fingerprint density at radius 1 is 1.44 bits per heavy atom. The Morgan fingerprint density at radius 3 is 2.94 bits per heavy atom. The van der Waals surface area contributed by atoms with Crippen molar-refractivity contribution in [2.75, 3.05) is 19.6 Å². The first-order chi connectivity index (χ1) is 15.4. The van der Waals surface area contributed by atoms with Crippen LogP contribution < -0.4 is 5.32 Å². The molecule has 3 atom stereocenters. The normalized spacial score (nSPS) is 21.4. The van der Waals surface area contributed by atoms with Crippen LogP contribution in [0.1, 0.15) is 55.6 Å². The van der Waals surface area contributed by atoms with Crippen LogP contribution in [-0.4, -0.2) is 58.7 Å². The minimum atomic E-state index is -1.30. The van der Waals surface area contributed by atoms with Gasteiger partial charge in [-0.2, -0.15) is 5.26 Å². The molecule has 166 valence electrons. The summed E-state index contributed by atoms with van der Waals surface area (Å²) in [7, 11) is 0. The third kappa shape index (κ3) is 4.33. The number of hydrogen-bond donors (Lipinski definition) is 2. The second kappa shape index (κ2) is 9.02. The summed E-state index contributed by atoms with van der Waals surface area (Å²) in [4.78, 5) is 29.8. The van der Waals surface area contributed by atoms with Gasteiger partial charge in [-0.25, -0.2) is 14.2 Å². The molecule has 8 nitrogen and oxygen atoms in total. The number of likely N-dealkylation sites (tertiary alicyclic amines) is 1. The monoisotopic (exact) mass is 438 g/mol. The van der Waals surface area contributed by atoms with Crippen LogP contribution >= 0.6 is 0 Å². The van der Waals surface area contributed by atoms with Gasteiger partial charge in [0.05, 0.1) is 23.3 Å². The molecule has 2 N–H and O–H groups in total. The highest BCUT2D eigenvalue weighted by molar-refractivity contribution is 5.94. The van der Waals surface area contributed by atoms with Gasteiger partial charge in [0.1, 0.15) is 24.5 Å². The molecule has 2 aliphatic rings. The van der Waals surface area contributed by atoms with Crippen LogP contribution in [0.15, 0.2) is 30.5 Å². The second-order valence-electron chi connectivity index (χ2n) is 8.09. The molecule has 4 rings (SSSR count). The fraction of sp³-hybridized carbons (Fsp3) is 0.391. The van der Waals surface area contributed by atoms with Crippen molar-refractivity contribution in [3.63, 3.8) is 0 Å². The number of ether oxygens (including phenoxy) is 1. The minimum absolute atomic E-state index is 0.0778. The van der Waals surface area contributed by atoms with E-state index in [0.717, 1.165) is 11.1 Å². The van der Waals surface area contributed by atoms with Gasteiger partial charge in [-0.3, -0.25) is 9.69 Å². The Labute approximate surface area is 184 Å². The molecule has 0 unspecified atom stereocenters. The number of fused-ring (bicyclic) bond motifs is 1. The molecule has 2 aliphatic heterocycles. The second-order valence-corrected chi connectivity index (χ2v) is 8.09. The summed E-state index contributed by atoms with van der Waals surface area (Å²) >= 11 is 0. The van der Waals surface area contributed by atoms with Gasteiger partial charge in [0.15, 0.2) is 0 Å². The first-order valence-corrected chi connectivity index (χ1v) is 10.4. The number of benzene rings is 1. The molecule has 0 radical (unpaired) electrons. The number of rotatable bonds is 5. The van der Waals surface area contributed by atoms with Gasteiger partial charge in [0.25, 0.3) is 5.91 Å². The first-order valence-electron chi connectivity index (χ1n) is 10.4. The number of esters is 1. The number of hydrogen-bond acceptors (Lipinski definition) is 7. The van der Waals surface area contributed by atoms with E-state index in [1.54, 1.807) is 12.1 Å². The first kappa shape index (κ1) is 21.9. The van der Waals surface area contributed by atoms with Crippen LogP contribution in [-0.2, 0) is 11.3 Å². The molecule has 1 saturated heterocycles. The van der Waals surface area contributed by atoms with Crippen LogP contribution in [0.2, 0.25) is 0 Å². The molecule has 32 heavy (non-hydrogen) atoms. The summed E-state index contributed by atoms with van der Waals surface area (Å²) < 4.78 is 19.8. The molecule has 3 heterocycles. The number of alkyl halides is 1. The Bertz CT molecular complexity index is 1080. The molecule has 1 aromatic heterocycles. The number of nitrogens with one attached hydrogen (secondary N) is 1. The van der Waals surface area contributed by atoms with Gasteiger partial charge >= 0.3 is 5.97 Å². The lowest BCUT2D eigenvalue weighted by atomic mass is 9.94. The predicted molar refractivity (Wildman–Crippen MR) is 111 cm³/mol. The van der Waals surface area contributed by atoms with Crippen molar-refractivity contribution < 1.29 is 23.8 Å².